The molecule has 7 nitrogen and oxygen atoms in total. The molecule has 0 unspecified atom stereocenters. The molecule has 1 aliphatic rings. The number of allylic oxidation sites excluding steroid dienone is 1. The average Bonchev–Trinajstić information content (AvgIpc) is 3.13. The summed E-state index contributed by atoms with van der Waals surface area (Å²) in [6.45, 7) is 3.83. The molecule has 0 bridgehead atoms. The van der Waals surface area contributed by atoms with Gasteiger partial charge in [-0.25, -0.2) is 0 Å². The number of aromatic nitrogens is 1. The van der Waals surface area contributed by atoms with Gasteiger partial charge in [-0.15, -0.1) is 11.8 Å². The molecule has 2 heterocycles. The number of β-amino-alcohol motifs (C(OH)–C–C–N with tert-alkyl or cyclic N) is 1. The number of likely N-dealkylation sites (N-methyl/N-ethyl adjacent to an activating group) is 1. The van der Waals surface area contributed by atoms with Gasteiger partial charge in [-0.2, -0.15) is 0 Å². The van der Waals surface area contributed by atoms with Gasteiger partial charge in [0.15, 0.2) is 6.29 Å². The first-order chi connectivity index (χ1) is 14.3. The number of thioether (sulfide) groups is 1. The third kappa shape index (κ3) is 6.69. The van der Waals surface area contributed by atoms with E-state index >= 15 is 0 Å². The highest BCUT2D eigenvalue weighted by Crippen LogP contribution is 2.29. The van der Waals surface area contributed by atoms with E-state index in [2.05, 4.69) is 9.88 Å². The van der Waals surface area contributed by atoms with Crippen LogP contribution in [0.15, 0.2) is 48.4 Å². The minimum atomic E-state index is -0.0509. The molecular formula is C22H29N5O2S. The van der Waals surface area contributed by atoms with Crippen molar-refractivity contribution in [1.82, 2.24) is 9.88 Å². The zero-order chi connectivity index (χ0) is 22.1. The van der Waals surface area contributed by atoms with Gasteiger partial charge in [0, 0.05) is 53.0 Å². The largest absolute Gasteiger partial charge is 0.398 e. The number of para-hydroxylation sites is 1. The highest BCUT2D eigenvalue weighted by Gasteiger charge is 2.15. The maximum absolute atomic E-state index is 11.0. The van der Waals surface area contributed by atoms with Crippen molar-refractivity contribution in [2.45, 2.75) is 19.4 Å². The molecule has 30 heavy (non-hydrogen) atoms. The van der Waals surface area contributed by atoms with Crippen LogP contribution in [-0.2, 0) is 4.79 Å². The molecule has 0 spiro atoms. The Morgan fingerprint density at radius 1 is 1.40 bits per heavy atom. The number of rotatable bonds is 6. The number of carbonyl (C=O) groups excluding carboxylic acids is 1. The third-order valence-electron chi connectivity index (χ3n) is 4.69. The second kappa shape index (κ2) is 11.5. The molecule has 0 radical (unpaired) electrons. The van der Waals surface area contributed by atoms with Crippen molar-refractivity contribution in [3.05, 3.63) is 65.1 Å². The van der Waals surface area contributed by atoms with Crippen LogP contribution in [0.4, 0.5) is 5.69 Å². The molecule has 2 aromatic rings. The zero-order valence-electron chi connectivity index (χ0n) is 17.3. The predicted molar refractivity (Wildman–Crippen MR) is 124 cm³/mol. The number of hydrogen-bond donors (Lipinski definition) is 4. The number of nitrogens with two attached hydrogens (primary N) is 2. The Kier molecular flexibility index (Phi) is 9.04. The minimum absolute atomic E-state index is 0.0509. The van der Waals surface area contributed by atoms with Gasteiger partial charge < -0.3 is 26.9 Å². The Morgan fingerprint density at radius 3 is 2.70 bits per heavy atom. The van der Waals surface area contributed by atoms with E-state index in [-0.39, 0.29) is 11.8 Å². The summed E-state index contributed by atoms with van der Waals surface area (Å²) in [5, 5.41) is 17.1. The number of aryl methyl sites for hydroxylation is 1. The van der Waals surface area contributed by atoms with E-state index in [1.165, 1.54) is 11.8 Å². The van der Waals surface area contributed by atoms with Crippen LogP contribution >= 0.6 is 11.8 Å². The molecular weight excluding hydrogens is 398 g/mol. The van der Waals surface area contributed by atoms with E-state index in [0.29, 0.717) is 33.9 Å². The fourth-order valence-corrected chi connectivity index (χ4v) is 3.91. The Bertz CT molecular complexity index is 894. The van der Waals surface area contributed by atoms with Crippen LogP contribution in [0.1, 0.15) is 23.1 Å². The van der Waals surface area contributed by atoms with E-state index < -0.39 is 0 Å². The van der Waals surface area contributed by atoms with Crippen molar-refractivity contribution in [3.63, 3.8) is 0 Å². The summed E-state index contributed by atoms with van der Waals surface area (Å²) in [6, 6.07) is 9.21. The topological polar surface area (TPSA) is 129 Å². The Balaban J connectivity index is 0.000000386. The first kappa shape index (κ1) is 23.6. The van der Waals surface area contributed by atoms with E-state index in [4.69, 9.17) is 22.0 Å². The fraction of sp³-hybridized carbons (Fsp3) is 0.318. The molecule has 160 valence electrons. The standard InChI is InChI=1S/C17H18N4OS.C5H11NO/c1-11-4-2-6-13(16(11)20)15(19)10-23-17(14(18)9-22)12-5-3-7-21-8-12;1-6-3-2-5(7)4-6/h2-9,19H,10,18,20H2,1H3;5,7H,2-4H2,1H3/b17-14-,19-15?;/t;5-/m.1/s1. The Labute approximate surface area is 181 Å². The normalized spacial score (nSPS) is 17.0. The number of carbonyl (C=O) groups is 1. The fourth-order valence-electron chi connectivity index (χ4n) is 2.96. The zero-order valence-corrected chi connectivity index (χ0v) is 18.2. The summed E-state index contributed by atoms with van der Waals surface area (Å²) in [4.78, 5) is 17.8. The Morgan fingerprint density at radius 2 is 2.17 bits per heavy atom. The van der Waals surface area contributed by atoms with Gasteiger partial charge in [-0.3, -0.25) is 9.78 Å². The molecule has 3 rings (SSSR count). The number of aliphatic hydroxyl groups is 1. The number of nitrogens with one attached hydrogen (secondary N) is 1. The number of nitrogens with zero attached hydrogens (tertiary/aromatic N) is 2. The number of benzene rings is 1. The molecule has 1 aromatic heterocycles. The number of likely N-dealkylation sites (tertiary alicyclic amines) is 1. The smallest absolute Gasteiger partial charge is 0.166 e. The van der Waals surface area contributed by atoms with Crippen molar-refractivity contribution in [2.75, 3.05) is 31.6 Å². The molecule has 1 aliphatic heterocycles. The maximum atomic E-state index is 11.0. The molecule has 0 saturated carbocycles. The highest BCUT2D eigenvalue weighted by molar-refractivity contribution is 8.09. The summed E-state index contributed by atoms with van der Waals surface area (Å²) in [7, 11) is 2.02. The summed E-state index contributed by atoms with van der Waals surface area (Å²) in [5.74, 6) is 0.354. The van der Waals surface area contributed by atoms with Crippen molar-refractivity contribution in [1.29, 1.82) is 5.41 Å². The summed E-state index contributed by atoms with van der Waals surface area (Å²) < 4.78 is 0. The monoisotopic (exact) mass is 427 g/mol. The lowest BCUT2D eigenvalue weighted by Crippen LogP contribution is -2.15. The molecule has 6 N–H and O–H groups in total. The van der Waals surface area contributed by atoms with Crippen LogP contribution < -0.4 is 11.5 Å². The van der Waals surface area contributed by atoms with Crippen LogP contribution in [0.25, 0.3) is 4.91 Å². The van der Waals surface area contributed by atoms with E-state index in [0.717, 1.165) is 30.6 Å². The lowest BCUT2D eigenvalue weighted by atomic mass is 10.1. The van der Waals surface area contributed by atoms with Crippen molar-refractivity contribution >= 4 is 34.4 Å². The average molecular weight is 428 g/mol. The quantitative estimate of drug-likeness (QED) is 0.241. The van der Waals surface area contributed by atoms with E-state index in [1.54, 1.807) is 18.5 Å². The number of aliphatic hydroxyl groups excluding tert-OH is 1. The lowest BCUT2D eigenvalue weighted by Gasteiger charge is -2.12. The van der Waals surface area contributed by atoms with Crippen LogP contribution in [0.3, 0.4) is 0 Å². The number of hydrogen-bond acceptors (Lipinski definition) is 8. The van der Waals surface area contributed by atoms with Crippen molar-refractivity contribution in [3.8, 4) is 0 Å². The van der Waals surface area contributed by atoms with Gasteiger partial charge >= 0.3 is 0 Å². The van der Waals surface area contributed by atoms with Gasteiger partial charge in [0.2, 0.25) is 0 Å². The van der Waals surface area contributed by atoms with Gasteiger partial charge in [0.05, 0.1) is 17.5 Å². The summed E-state index contributed by atoms with van der Waals surface area (Å²) in [6.07, 6.45) is 4.81. The number of anilines is 1. The second-order valence-corrected chi connectivity index (χ2v) is 8.14. The number of aldehydes is 1. The number of nitrogen functional groups attached to an aromatic ring is 1. The molecule has 8 heteroatoms. The number of pyridine rings is 1. The summed E-state index contributed by atoms with van der Waals surface area (Å²) >= 11 is 1.33. The molecule has 1 fully saturated rings. The first-order valence-electron chi connectivity index (χ1n) is 9.61. The maximum Gasteiger partial charge on any atom is 0.166 e. The predicted octanol–water partition coefficient (Wildman–Crippen LogP) is 2.28. The SMILES string of the molecule is CN1CC[C@@H](O)C1.Cc1cccc(C(=N)CS/C(=C(\N)C=O)c2cccnc2)c1N. The molecule has 1 saturated heterocycles. The van der Waals surface area contributed by atoms with Crippen molar-refractivity contribution < 1.29 is 9.90 Å². The van der Waals surface area contributed by atoms with Crippen LogP contribution in [-0.4, -0.2) is 59.0 Å². The lowest BCUT2D eigenvalue weighted by molar-refractivity contribution is -0.104. The van der Waals surface area contributed by atoms with Gasteiger partial charge in [-0.1, -0.05) is 24.3 Å². The van der Waals surface area contributed by atoms with Crippen LogP contribution in [0, 0.1) is 12.3 Å². The van der Waals surface area contributed by atoms with E-state index in [1.807, 2.05) is 38.2 Å². The highest BCUT2D eigenvalue weighted by atomic mass is 32.2. The Hall–Kier alpha value is -2.68. The van der Waals surface area contributed by atoms with Crippen LogP contribution in [0.5, 0.6) is 0 Å². The molecule has 1 atom stereocenters. The van der Waals surface area contributed by atoms with Crippen LogP contribution in [0.2, 0.25) is 0 Å². The van der Waals surface area contributed by atoms with Gasteiger partial charge in [-0.05, 0) is 32.0 Å². The summed E-state index contributed by atoms with van der Waals surface area (Å²) in [5.41, 5.74) is 15.3. The van der Waals surface area contributed by atoms with Gasteiger partial charge in [0.25, 0.3) is 0 Å². The molecule has 0 aliphatic carbocycles. The molecule has 0 amide bonds. The first-order valence-corrected chi connectivity index (χ1v) is 10.6. The van der Waals surface area contributed by atoms with E-state index in [9.17, 15) is 4.79 Å². The van der Waals surface area contributed by atoms with Crippen molar-refractivity contribution in [2.24, 2.45) is 5.73 Å². The second-order valence-electron chi connectivity index (χ2n) is 7.15. The molecule has 1 aromatic carbocycles. The van der Waals surface area contributed by atoms with Gasteiger partial charge in [0.1, 0.15) is 0 Å². The third-order valence-corrected chi connectivity index (χ3v) is 5.88. The minimum Gasteiger partial charge on any atom is -0.398 e.